The topological polar surface area (TPSA) is 34.1 Å². The van der Waals surface area contributed by atoms with Crippen LogP contribution < -0.4 is 0 Å². The predicted octanol–water partition coefficient (Wildman–Crippen LogP) is 8.11. The average molecular weight is 547 g/mol. The van der Waals surface area contributed by atoms with E-state index < -0.39 is 10.6 Å². The fourth-order valence-electron chi connectivity index (χ4n) is 5.87. The number of fused-ring (bicyclic) bond motifs is 3. The molecule has 0 saturated carbocycles. The van der Waals surface area contributed by atoms with E-state index in [4.69, 9.17) is 14.6 Å². The zero-order chi connectivity index (χ0) is 26.5. The van der Waals surface area contributed by atoms with Gasteiger partial charge in [0.05, 0.1) is 7.11 Å². The fourth-order valence-corrected chi connectivity index (χ4v) is 8.61. The van der Waals surface area contributed by atoms with Gasteiger partial charge in [0.15, 0.2) is 4.87 Å². The summed E-state index contributed by atoms with van der Waals surface area (Å²) < 4.78 is 12.6. The van der Waals surface area contributed by atoms with Crippen molar-refractivity contribution in [1.82, 2.24) is 5.01 Å². The van der Waals surface area contributed by atoms with Crippen LogP contribution in [-0.4, -0.2) is 24.5 Å². The molecular formula is C33H26N2O2S2. The van der Waals surface area contributed by atoms with Crippen LogP contribution in [0.3, 0.4) is 0 Å². The monoisotopic (exact) mass is 546 g/mol. The number of benzene rings is 4. The van der Waals surface area contributed by atoms with E-state index in [1.54, 1.807) is 26.0 Å². The van der Waals surface area contributed by atoms with Crippen molar-refractivity contribution in [3.8, 4) is 20.9 Å². The van der Waals surface area contributed by atoms with E-state index in [9.17, 15) is 0 Å². The lowest BCUT2D eigenvalue weighted by Crippen LogP contribution is -2.47. The summed E-state index contributed by atoms with van der Waals surface area (Å²) >= 11 is 3.45. The molecule has 4 nitrogen and oxygen atoms in total. The third-order valence-corrected chi connectivity index (χ3v) is 10.1. The highest BCUT2D eigenvalue weighted by molar-refractivity contribution is 8.14. The third kappa shape index (κ3) is 3.39. The normalized spacial score (nSPS) is 21.4. The van der Waals surface area contributed by atoms with Crippen molar-refractivity contribution in [3.05, 3.63) is 144 Å². The van der Waals surface area contributed by atoms with Gasteiger partial charge in [0, 0.05) is 33.6 Å². The molecule has 0 unspecified atom stereocenters. The molecule has 0 amide bonds. The molecule has 2 aliphatic rings. The van der Waals surface area contributed by atoms with Gasteiger partial charge in [-0.3, -0.25) is 0 Å². The van der Waals surface area contributed by atoms with Crippen LogP contribution in [0.1, 0.15) is 22.3 Å². The Morgan fingerprint density at radius 1 is 0.615 bits per heavy atom. The Kier molecular flexibility index (Phi) is 5.85. The second-order valence-corrected chi connectivity index (χ2v) is 11.6. The highest BCUT2D eigenvalue weighted by Crippen LogP contribution is 2.69. The molecule has 5 aromatic rings. The van der Waals surface area contributed by atoms with Gasteiger partial charge in [0.2, 0.25) is 5.72 Å². The SMILES string of the molecule is COC1=NN2[C@@](OC)(c3ccccc3)c3c(-c4ccccc4)sc(-c4ccccc4)c3[C@]2(c2ccccc2)S1. The van der Waals surface area contributed by atoms with Crippen molar-refractivity contribution in [3.63, 3.8) is 0 Å². The minimum Gasteiger partial charge on any atom is -0.475 e. The van der Waals surface area contributed by atoms with Crippen molar-refractivity contribution < 1.29 is 9.47 Å². The number of methoxy groups -OCH3 is 2. The Bertz CT molecular complexity index is 1660. The lowest BCUT2D eigenvalue weighted by Gasteiger charge is -2.41. The zero-order valence-corrected chi connectivity index (χ0v) is 23.2. The first-order valence-corrected chi connectivity index (χ1v) is 14.4. The Labute approximate surface area is 236 Å². The number of hydrogen-bond donors (Lipinski definition) is 0. The quantitative estimate of drug-likeness (QED) is 0.223. The van der Waals surface area contributed by atoms with Crippen LogP contribution in [0.4, 0.5) is 0 Å². The van der Waals surface area contributed by atoms with Gasteiger partial charge >= 0.3 is 0 Å². The van der Waals surface area contributed by atoms with Gasteiger partial charge in [-0.05, 0) is 28.5 Å². The molecular weight excluding hydrogens is 521 g/mol. The van der Waals surface area contributed by atoms with Crippen molar-refractivity contribution >= 4 is 28.3 Å². The molecule has 192 valence electrons. The minimum atomic E-state index is -0.992. The van der Waals surface area contributed by atoms with Crippen LogP contribution in [0.25, 0.3) is 20.9 Å². The van der Waals surface area contributed by atoms with Gasteiger partial charge in [-0.2, -0.15) is 0 Å². The largest absolute Gasteiger partial charge is 0.475 e. The lowest BCUT2D eigenvalue weighted by molar-refractivity contribution is -0.114. The van der Waals surface area contributed by atoms with Gasteiger partial charge in [-0.15, -0.1) is 16.4 Å². The van der Waals surface area contributed by atoms with Gasteiger partial charge in [-0.1, -0.05) is 121 Å². The molecule has 2 atom stereocenters. The first kappa shape index (κ1) is 24.2. The van der Waals surface area contributed by atoms with Crippen molar-refractivity contribution in [2.24, 2.45) is 5.10 Å². The van der Waals surface area contributed by atoms with E-state index in [1.807, 2.05) is 17.4 Å². The standard InChI is InChI=1S/C33H26N2O2S2/c1-36-31-34-35-32(37-2,25-19-11-5-12-20-25)27-28(33(35,39-31)26-21-13-6-14-22-26)30(24-17-9-4-10-18-24)38-29(27)23-15-7-3-8-16-23/h3-22H,1-2H3/t32-,33+/m1/s1. The van der Waals surface area contributed by atoms with Crippen LogP contribution in [0.2, 0.25) is 0 Å². The average Bonchev–Trinajstić information content (AvgIpc) is 3.67. The van der Waals surface area contributed by atoms with Crippen molar-refractivity contribution in [1.29, 1.82) is 0 Å². The second kappa shape index (κ2) is 9.42. The van der Waals surface area contributed by atoms with E-state index in [0.29, 0.717) is 5.23 Å². The number of hydrazone groups is 1. The number of thioether (sulfide) groups is 1. The molecule has 1 aromatic heterocycles. The molecule has 0 N–H and O–H groups in total. The minimum absolute atomic E-state index is 0.605. The van der Waals surface area contributed by atoms with E-state index >= 15 is 0 Å². The summed E-state index contributed by atoms with van der Waals surface area (Å²) in [5.74, 6) is 0. The molecule has 0 fully saturated rings. The molecule has 4 aromatic carbocycles. The molecule has 3 heterocycles. The zero-order valence-electron chi connectivity index (χ0n) is 21.6. The molecule has 7 rings (SSSR count). The van der Waals surface area contributed by atoms with E-state index in [-0.39, 0.29) is 0 Å². The smallest absolute Gasteiger partial charge is 0.270 e. The number of rotatable bonds is 5. The summed E-state index contributed by atoms with van der Waals surface area (Å²) in [4.78, 5) is 1.67. The Morgan fingerprint density at radius 3 is 1.62 bits per heavy atom. The number of nitrogens with zero attached hydrogens (tertiary/aromatic N) is 2. The summed E-state index contributed by atoms with van der Waals surface area (Å²) in [5.41, 5.74) is 5.79. The maximum absolute atomic E-state index is 6.73. The number of thiophene rings is 1. The van der Waals surface area contributed by atoms with E-state index in [0.717, 1.165) is 22.3 Å². The van der Waals surface area contributed by atoms with Gasteiger partial charge in [-0.25, -0.2) is 5.01 Å². The maximum atomic E-state index is 6.73. The third-order valence-electron chi connectivity index (χ3n) is 7.47. The Morgan fingerprint density at radius 2 is 1.10 bits per heavy atom. The molecule has 0 bridgehead atoms. The molecule has 0 aliphatic carbocycles. The van der Waals surface area contributed by atoms with Crippen LogP contribution in [0, 0.1) is 0 Å². The first-order chi connectivity index (χ1) is 19.2. The molecule has 39 heavy (non-hydrogen) atoms. The van der Waals surface area contributed by atoms with Crippen LogP contribution in [-0.2, 0) is 20.1 Å². The summed E-state index contributed by atoms with van der Waals surface area (Å²) in [7, 11) is 3.48. The Hall–Kier alpha value is -3.84. The van der Waals surface area contributed by atoms with Crippen LogP contribution in [0.5, 0.6) is 0 Å². The summed E-state index contributed by atoms with van der Waals surface area (Å²) in [6.45, 7) is 0. The molecule has 0 spiro atoms. The fraction of sp³-hybridized carbons (Fsp3) is 0.121. The highest BCUT2D eigenvalue weighted by atomic mass is 32.2. The molecule has 2 aliphatic heterocycles. The maximum Gasteiger partial charge on any atom is 0.270 e. The van der Waals surface area contributed by atoms with Crippen molar-refractivity contribution in [2.75, 3.05) is 14.2 Å². The van der Waals surface area contributed by atoms with Crippen LogP contribution >= 0.6 is 23.1 Å². The first-order valence-electron chi connectivity index (χ1n) is 12.8. The van der Waals surface area contributed by atoms with Gasteiger partial charge in [0.25, 0.3) is 5.23 Å². The van der Waals surface area contributed by atoms with Crippen LogP contribution in [0.15, 0.2) is 126 Å². The molecule has 0 saturated heterocycles. The summed E-state index contributed by atoms with van der Waals surface area (Å²) in [5, 5.41) is 7.89. The highest BCUT2D eigenvalue weighted by Gasteiger charge is 2.67. The van der Waals surface area contributed by atoms with Gasteiger partial charge in [0.1, 0.15) is 0 Å². The summed E-state index contributed by atoms with van der Waals surface area (Å²) in [6.07, 6.45) is 0. The van der Waals surface area contributed by atoms with Crippen molar-refractivity contribution in [2.45, 2.75) is 10.6 Å². The second-order valence-electron chi connectivity index (χ2n) is 9.45. The number of hydrogen-bond acceptors (Lipinski definition) is 6. The summed E-state index contributed by atoms with van der Waals surface area (Å²) in [6, 6.07) is 42.3. The van der Waals surface area contributed by atoms with Gasteiger partial charge < -0.3 is 9.47 Å². The Balaban J connectivity index is 1.68. The molecule has 6 heteroatoms. The van der Waals surface area contributed by atoms with E-state index in [2.05, 4.69) is 120 Å². The number of ether oxygens (including phenoxy) is 2. The lowest BCUT2D eigenvalue weighted by atomic mass is 9.89. The van der Waals surface area contributed by atoms with E-state index in [1.165, 1.54) is 20.9 Å². The predicted molar refractivity (Wildman–Crippen MR) is 161 cm³/mol. The molecule has 0 radical (unpaired) electrons.